The molecule has 2 amide bonds. The van der Waals surface area contributed by atoms with Crippen molar-refractivity contribution in [3.63, 3.8) is 0 Å². The standard InChI is InChI=1S/C15H25N3O2/c1-12(19)13-6-8-14(9-7-13)16-15(20)18(4)11-5-10-17(2)3/h6-9,12,19H,5,10-11H2,1-4H3,(H,16,20). The second-order valence-corrected chi connectivity index (χ2v) is 5.31. The second kappa shape index (κ2) is 7.87. The quantitative estimate of drug-likeness (QED) is 0.839. The van der Waals surface area contributed by atoms with Crippen molar-refractivity contribution in [3.8, 4) is 0 Å². The Labute approximate surface area is 121 Å². The van der Waals surface area contributed by atoms with Gasteiger partial charge in [-0.25, -0.2) is 4.79 Å². The van der Waals surface area contributed by atoms with Crippen molar-refractivity contribution in [2.75, 3.05) is 39.5 Å². The Morgan fingerprint density at radius 1 is 1.20 bits per heavy atom. The molecule has 0 radical (unpaired) electrons. The predicted molar refractivity (Wildman–Crippen MR) is 81.9 cm³/mol. The van der Waals surface area contributed by atoms with Crippen LogP contribution in [0.1, 0.15) is 25.0 Å². The highest BCUT2D eigenvalue weighted by Gasteiger charge is 2.09. The van der Waals surface area contributed by atoms with Crippen LogP contribution in [0.15, 0.2) is 24.3 Å². The summed E-state index contributed by atoms with van der Waals surface area (Å²) in [6, 6.07) is 7.11. The summed E-state index contributed by atoms with van der Waals surface area (Å²) in [7, 11) is 5.82. The fraction of sp³-hybridized carbons (Fsp3) is 0.533. The van der Waals surface area contributed by atoms with Crippen LogP contribution in [-0.4, -0.2) is 55.2 Å². The van der Waals surface area contributed by atoms with E-state index < -0.39 is 6.10 Å². The Kier molecular flexibility index (Phi) is 6.48. The van der Waals surface area contributed by atoms with Gasteiger partial charge in [0.25, 0.3) is 0 Å². The van der Waals surface area contributed by atoms with Crippen LogP contribution in [0.5, 0.6) is 0 Å². The lowest BCUT2D eigenvalue weighted by atomic mass is 10.1. The number of hydrogen-bond acceptors (Lipinski definition) is 3. The van der Waals surface area contributed by atoms with E-state index in [1.54, 1.807) is 31.0 Å². The number of aliphatic hydroxyl groups excluding tert-OH is 1. The molecule has 0 aliphatic carbocycles. The Hall–Kier alpha value is -1.59. The summed E-state index contributed by atoms with van der Waals surface area (Å²) < 4.78 is 0. The van der Waals surface area contributed by atoms with Crippen LogP contribution >= 0.6 is 0 Å². The van der Waals surface area contributed by atoms with E-state index in [4.69, 9.17) is 0 Å². The zero-order valence-corrected chi connectivity index (χ0v) is 12.8. The van der Waals surface area contributed by atoms with Gasteiger partial charge in [0, 0.05) is 19.3 Å². The first-order chi connectivity index (χ1) is 9.40. The lowest BCUT2D eigenvalue weighted by Gasteiger charge is -2.19. The van der Waals surface area contributed by atoms with Crippen molar-refractivity contribution >= 4 is 11.7 Å². The smallest absolute Gasteiger partial charge is 0.321 e. The van der Waals surface area contributed by atoms with Crippen molar-refractivity contribution in [1.82, 2.24) is 9.80 Å². The summed E-state index contributed by atoms with van der Waals surface area (Å²) in [5, 5.41) is 12.3. The molecule has 2 N–H and O–H groups in total. The van der Waals surface area contributed by atoms with E-state index in [0.29, 0.717) is 0 Å². The molecule has 20 heavy (non-hydrogen) atoms. The Balaban J connectivity index is 2.44. The minimum atomic E-state index is -0.492. The summed E-state index contributed by atoms with van der Waals surface area (Å²) in [4.78, 5) is 15.7. The molecule has 0 aliphatic heterocycles. The predicted octanol–water partition coefficient (Wildman–Crippen LogP) is 2.16. The molecule has 0 aliphatic rings. The van der Waals surface area contributed by atoms with Gasteiger partial charge in [-0.05, 0) is 51.7 Å². The average Bonchev–Trinajstić information content (AvgIpc) is 2.38. The molecule has 0 spiro atoms. The molecule has 0 saturated carbocycles. The molecule has 0 aromatic heterocycles. The molecular formula is C15H25N3O2. The number of aliphatic hydroxyl groups is 1. The van der Waals surface area contributed by atoms with Gasteiger partial charge in [-0.1, -0.05) is 12.1 Å². The van der Waals surface area contributed by atoms with Gasteiger partial charge >= 0.3 is 6.03 Å². The maximum atomic E-state index is 12.0. The molecule has 112 valence electrons. The third-order valence-corrected chi connectivity index (χ3v) is 3.09. The van der Waals surface area contributed by atoms with Crippen LogP contribution in [0, 0.1) is 0 Å². The highest BCUT2D eigenvalue weighted by atomic mass is 16.3. The summed E-state index contributed by atoms with van der Waals surface area (Å²) in [5.41, 5.74) is 1.57. The van der Waals surface area contributed by atoms with Gasteiger partial charge in [0.05, 0.1) is 6.10 Å². The zero-order chi connectivity index (χ0) is 15.1. The Morgan fingerprint density at radius 3 is 2.30 bits per heavy atom. The van der Waals surface area contributed by atoms with Gasteiger partial charge in [-0.2, -0.15) is 0 Å². The summed E-state index contributed by atoms with van der Waals surface area (Å²) in [5.74, 6) is 0. The van der Waals surface area contributed by atoms with E-state index in [2.05, 4.69) is 10.2 Å². The Morgan fingerprint density at radius 2 is 1.80 bits per heavy atom. The first-order valence-corrected chi connectivity index (χ1v) is 6.85. The lowest BCUT2D eigenvalue weighted by Crippen LogP contribution is -2.33. The van der Waals surface area contributed by atoms with Crippen LogP contribution in [-0.2, 0) is 0 Å². The first-order valence-electron chi connectivity index (χ1n) is 6.85. The van der Waals surface area contributed by atoms with Crippen molar-refractivity contribution in [1.29, 1.82) is 0 Å². The van der Waals surface area contributed by atoms with Crippen LogP contribution in [0.3, 0.4) is 0 Å². The molecule has 0 bridgehead atoms. The molecule has 1 atom stereocenters. The monoisotopic (exact) mass is 279 g/mol. The van der Waals surface area contributed by atoms with Gasteiger partial charge in [0.1, 0.15) is 0 Å². The molecule has 5 nitrogen and oxygen atoms in total. The van der Waals surface area contributed by atoms with Gasteiger partial charge in [-0.3, -0.25) is 0 Å². The van der Waals surface area contributed by atoms with E-state index in [9.17, 15) is 9.90 Å². The molecule has 1 aromatic rings. The molecule has 1 aromatic carbocycles. The van der Waals surface area contributed by atoms with E-state index in [1.807, 2.05) is 26.2 Å². The van der Waals surface area contributed by atoms with Gasteiger partial charge in [0.2, 0.25) is 0 Å². The average molecular weight is 279 g/mol. The van der Waals surface area contributed by atoms with E-state index in [1.165, 1.54) is 0 Å². The van der Waals surface area contributed by atoms with Gasteiger partial charge in [0.15, 0.2) is 0 Å². The largest absolute Gasteiger partial charge is 0.389 e. The summed E-state index contributed by atoms with van der Waals surface area (Å²) in [6.07, 6.45) is 0.450. The third kappa shape index (κ3) is 5.59. The van der Waals surface area contributed by atoms with Crippen molar-refractivity contribution < 1.29 is 9.90 Å². The normalized spacial score (nSPS) is 12.3. The third-order valence-electron chi connectivity index (χ3n) is 3.09. The molecule has 0 heterocycles. The fourth-order valence-corrected chi connectivity index (χ4v) is 1.79. The van der Waals surface area contributed by atoms with E-state index in [0.717, 1.165) is 30.8 Å². The number of nitrogens with zero attached hydrogens (tertiary/aromatic N) is 2. The number of carbonyl (C=O) groups excluding carboxylic acids is 1. The minimum absolute atomic E-state index is 0.117. The number of urea groups is 1. The molecule has 0 fully saturated rings. The maximum absolute atomic E-state index is 12.0. The molecule has 0 saturated heterocycles. The van der Waals surface area contributed by atoms with E-state index in [-0.39, 0.29) is 6.03 Å². The number of benzene rings is 1. The molecular weight excluding hydrogens is 254 g/mol. The number of nitrogens with one attached hydrogen (secondary N) is 1. The van der Waals surface area contributed by atoms with Gasteiger partial charge < -0.3 is 20.2 Å². The van der Waals surface area contributed by atoms with Gasteiger partial charge in [-0.15, -0.1) is 0 Å². The Bertz CT molecular complexity index is 416. The van der Waals surface area contributed by atoms with Crippen LogP contribution in [0.4, 0.5) is 10.5 Å². The van der Waals surface area contributed by atoms with Crippen LogP contribution in [0.25, 0.3) is 0 Å². The topological polar surface area (TPSA) is 55.8 Å². The first kappa shape index (κ1) is 16.5. The van der Waals surface area contributed by atoms with Crippen molar-refractivity contribution in [2.24, 2.45) is 0 Å². The summed E-state index contributed by atoms with van der Waals surface area (Å²) in [6.45, 7) is 3.39. The van der Waals surface area contributed by atoms with Crippen molar-refractivity contribution in [2.45, 2.75) is 19.4 Å². The zero-order valence-electron chi connectivity index (χ0n) is 12.8. The highest BCUT2D eigenvalue weighted by molar-refractivity contribution is 5.89. The number of amides is 2. The minimum Gasteiger partial charge on any atom is -0.389 e. The highest BCUT2D eigenvalue weighted by Crippen LogP contribution is 2.15. The number of rotatable bonds is 6. The van der Waals surface area contributed by atoms with E-state index >= 15 is 0 Å². The lowest BCUT2D eigenvalue weighted by molar-refractivity contribution is 0.199. The molecule has 1 unspecified atom stereocenters. The number of anilines is 1. The maximum Gasteiger partial charge on any atom is 0.321 e. The van der Waals surface area contributed by atoms with Crippen molar-refractivity contribution in [3.05, 3.63) is 29.8 Å². The number of hydrogen-bond donors (Lipinski definition) is 2. The summed E-state index contributed by atoms with van der Waals surface area (Å²) >= 11 is 0. The molecule has 5 heteroatoms. The fourth-order valence-electron chi connectivity index (χ4n) is 1.79. The second-order valence-electron chi connectivity index (χ2n) is 5.31. The number of carbonyl (C=O) groups is 1. The van der Waals surface area contributed by atoms with Crippen LogP contribution in [0.2, 0.25) is 0 Å². The SMILES string of the molecule is CC(O)c1ccc(NC(=O)N(C)CCCN(C)C)cc1. The molecule has 1 rings (SSSR count). The van der Waals surface area contributed by atoms with Crippen LogP contribution < -0.4 is 5.32 Å².